The van der Waals surface area contributed by atoms with Gasteiger partial charge in [0.05, 0.1) is 6.42 Å². The quantitative estimate of drug-likeness (QED) is 0.450. The molecule has 0 N–H and O–H groups in total. The molecule has 0 amide bonds. The molecule has 0 bridgehead atoms. The Morgan fingerprint density at radius 1 is 1.56 bits per heavy atom. The summed E-state index contributed by atoms with van der Waals surface area (Å²) in [6, 6.07) is 0. The van der Waals surface area contributed by atoms with E-state index in [2.05, 4.69) is 0 Å². The fraction of sp³-hybridized carbons (Fsp3) is 0.286. The van der Waals surface area contributed by atoms with Gasteiger partial charge in [-0.1, -0.05) is 6.08 Å². The molecule has 0 fully saturated rings. The summed E-state index contributed by atoms with van der Waals surface area (Å²) < 4.78 is 4.84. The molecule has 0 unspecified atom stereocenters. The molecule has 1 aliphatic carbocycles. The van der Waals surface area contributed by atoms with Crippen LogP contribution in [0.2, 0.25) is 0 Å². The number of rotatable bonds is 0. The van der Waals surface area contributed by atoms with E-state index in [0.717, 1.165) is 17.8 Å². The number of hydrogen-bond acceptors (Lipinski definition) is 2. The monoisotopic (exact) mass is 122 g/mol. The summed E-state index contributed by atoms with van der Waals surface area (Å²) in [4.78, 5) is 10.6. The van der Waals surface area contributed by atoms with Crippen molar-refractivity contribution in [1.29, 1.82) is 0 Å². The molecule has 0 saturated carbocycles. The maximum atomic E-state index is 10.6. The van der Waals surface area contributed by atoms with Crippen LogP contribution in [0.5, 0.6) is 0 Å². The minimum Gasteiger partial charge on any atom is -0.426 e. The van der Waals surface area contributed by atoms with E-state index in [1.807, 2.05) is 12.2 Å². The fourth-order valence-electron chi connectivity index (χ4n) is 1.13. The first-order valence-electron chi connectivity index (χ1n) is 2.95. The highest BCUT2D eigenvalue weighted by Gasteiger charge is 2.23. The third-order valence-corrected chi connectivity index (χ3v) is 1.56. The number of ether oxygens (including phenoxy) is 1. The van der Waals surface area contributed by atoms with E-state index in [9.17, 15) is 4.79 Å². The second-order valence-electron chi connectivity index (χ2n) is 2.23. The zero-order valence-electron chi connectivity index (χ0n) is 4.89. The van der Waals surface area contributed by atoms with E-state index in [4.69, 9.17) is 4.74 Å². The van der Waals surface area contributed by atoms with Crippen LogP contribution in [-0.4, -0.2) is 5.97 Å². The summed E-state index contributed by atoms with van der Waals surface area (Å²) in [5.74, 6) is 0.685. The average molecular weight is 122 g/mol. The normalized spacial score (nSPS) is 22.9. The van der Waals surface area contributed by atoms with E-state index in [1.165, 1.54) is 0 Å². The van der Waals surface area contributed by atoms with E-state index in [0.29, 0.717) is 6.42 Å². The lowest BCUT2D eigenvalue weighted by Crippen LogP contribution is -1.92. The van der Waals surface area contributed by atoms with Gasteiger partial charge in [0.25, 0.3) is 0 Å². The molecule has 0 atom stereocenters. The molecule has 2 heteroatoms. The highest BCUT2D eigenvalue weighted by atomic mass is 16.5. The molecular weight excluding hydrogens is 116 g/mol. The molecule has 0 saturated heterocycles. The van der Waals surface area contributed by atoms with Crippen molar-refractivity contribution >= 4 is 5.97 Å². The highest BCUT2D eigenvalue weighted by molar-refractivity contribution is 5.78. The Balaban J connectivity index is 2.32. The number of carbonyl (C=O) groups is 1. The van der Waals surface area contributed by atoms with Crippen molar-refractivity contribution in [2.24, 2.45) is 0 Å². The zero-order chi connectivity index (χ0) is 6.27. The molecule has 0 radical (unpaired) electrons. The van der Waals surface area contributed by atoms with Crippen LogP contribution < -0.4 is 0 Å². The Bertz CT molecular complexity index is 223. The van der Waals surface area contributed by atoms with Crippen LogP contribution in [0.25, 0.3) is 0 Å². The number of esters is 1. The smallest absolute Gasteiger partial charge is 0.315 e. The van der Waals surface area contributed by atoms with Crippen LogP contribution in [0.4, 0.5) is 0 Å². The lowest BCUT2D eigenvalue weighted by atomic mass is 10.2. The third kappa shape index (κ3) is 0.593. The Morgan fingerprint density at radius 3 is 3.22 bits per heavy atom. The molecule has 2 aliphatic rings. The van der Waals surface area contributed by atoms with E-state index in [1.54, 1.807) is 0 Å². The summed E-state index contributed by atoms with van der Waals surface area (Å²) >= 11 is 0. The van der Waals surface area contributed by atoms with Crippen molar-refractivity contribution in [1.82, 2.24) is 0 Å². The largest absolute Gasteiger partial charge is 0.426 e. The molecule has 46 valence electrons. The van der Waals surface area contributed by atoms with Gasteiger partial charge < -0.3 is 4.74 Å². The molecular formula is C7H6O2. The van der Waals surface area contributed by atoms with Crippen molar-refractivity contribution in [3.8, 4) is 0 Å². The maximum Gasteiger partial charge on any atom is 0.315 e. The van der Waals surface area contributed by atoms with Crippen molar-refractivity contribution < 1.29 is 9.53 Å². The van der Waals surface area contributed by atoms with Crippen molar-refractivity contribution in [2.45, 2.75) is 12.8 Å². The summed E-state index contributed by atoms with van der Waals surface area (Å²) in [6.07, 6.45) is 5.28. The average Bonchev–Trinajstić information content (AvgIpc) is 2.22. The molecule has 0 aromatic carbocycles. The standard InChI is InChI=1S/C7H6O2/c8-7-4-5-2-1-3-6(5)9-7/h1,3H,2,4H2. The molecule has 0 aromatic heterocycles. The van der Waals surface area contributed by atoms with Crippen LogP contribution in [-0.2, 0) is 9.53 Å². The maximum absolute atomic E-state index is 10.6. The topological polar surface area (TPSA) is 26.3 Å². The Labute approximate surface area is 52.8 Å². The Hall–Kier alpha value is -1.05. The first kappa shape index (κ1) is 4.79. The SMILES string of the molecule is O=C1CC2=C(C=CC2)O1. The minimum atomic E-state index is -0.107. The van der Waals surface area contributed by atoms with Crippen molar-refractivity contribution in [3.05, 3.63) is 23.5 Å². The number of carbonyl (C=O) groups excluding carboxylic acids is 1. The lowest BCUT2D eigenvalue weighted by molar-refractivity contribution is -0.136. The van der Waals surface area contributed by atoms with Crippen molar-refractivity contribution in [2.75, 3.05) is 0 Å². The van der Waals surface area contributed by atoms with Gasteiger partial charge in [0.2, 0.25) is 0 Å². The van der Waals surface area contributed by atoms with Crippen LogP contribution in [0.3, 0.4) is 0 Å². The molecule has 1 aliphatic heterocycles. The van der Waals surface area contributed by atoms with Gasteiger partial charge in [-0.2, -0.15) is 0 Å². The molecule has 2 nitrogen and oxygen atoms in total. The molecule has 0 spiro atoms. The minimum absolute atomic E-state index is 0.107. The van der Waals surface area contributed by atoms with Gasteiger partial charge in [-0.25, -0.2) is 0 Å². The zero-order valence-corrected chi connectivity index (χ0v) is 4.89. The number of allylic oxidation sites excluding steroid dienone is 2. The van der Waals surface area contributed by atoms with Gasteiger partial charge in [0, 0.05) is 0 Å². The summed E-state index contributed by atoms with van der Waals surface area (Å²) in [5, 5.41) is 0. The second-order valence-corrected chi connectivity index (χ2v) is 2.23. The van der Waals surface area contributed by atoms with E-state index >= 15 is 0 Å². The predicted molar refractivity (Wildman–Crippen MR) is 31.5 cm³/mol. The Kier molecular flexibility index (Phi) is 0.781. The Morgan fingerprint density at radius 2 is 2.44 bits per heavy atom. The van der Waals surface area contributed by atoms with Gasteiger partial charge in [0.15, 0.2) is 0 Å². The summed E-state index contributed by atoms with van der Waals surface area (Å²) in [5.41, 5.74) is 1.14. The highest BCUT2D eigenvalue weighted by Crippen LogP contribution is 2.29. The molecule has 9 heavy (non-hydrogen) atoms. The summed E-state index contributed by atoms with van der Waals surface area (Å²) in [7, 11) is 0. The molecule has 0 aromatic rings. The third-order valence-electron chi connectivity index (χ3n) is 1.56. The fourth-order valence-corrected chi connectivity index (χ4v) is 1.13. The molecule has 1 heterocycles. The van der Waals surface area contributed by atoms with Crippen LogP contribution in [0, 0.1) is 0 Å². The van der Waals surface area contributed by atoms with Gasteiger partial charge in [-0.05, 0) is 18.1 Å². The van der Waals surface area contributed by atoms with Gasteiger partial charge in [-0.15, -0.1) is 0 Å². The van der Waals surface area contributed by atoms with Crippen LogP contribution in [0.1, 0.15) is 12.8 Å². The van der Waals surface area contributed by atoms with E-state index < -0.39 is 0 Å². The van der Waals surface area contributed by atoms with Gasteiger partial charge in [-0.3, -0.25) is 4.79 Å². The van der Waals surface area contributed by atoms with Crippen LogP contribution in [0.15, 0.2) is 23.5 Å². The molecule has 2 rings (SSSR count). The van der Waals surface area contributed by atoms with Crippen molar-refractivity contribution in [3.63, 3.8) is 0 Å². The first-order chi connectivity index (χ1) is 4.36. The van der Waals surface area contributed by atoms with E-state index in [-0.39, 0.29) is 5.97 Å². The van der Waals surface area contributed by atoms with Crippen LogP contribution >= 0.6 is 0 Å². The van der Waals surface area contributed by atoms with Gasteiger partial charge in [0.1, 0.15) is 5.76 Å². The summed E-state index contributed by atoms with van der Waals surface area (Å²) in [6.45, 7) is 0. The second kappa shape index (κ2) is 1.47. The van der Waals surface area contributed by atoms with Gasteiger partial charge >= 0.3 is 5.97 Å². The number of hydrogen-bond donors (Lipinski definition) is 0. The lowest BCUT2D eigenvalue weighted by Gasteiger charge is -1.89. The predicted octanol–water partition coefficient (Wildman–Crippen LogP) is 1.15. The first-order valence-corrected chi connectivity index (χ1v) is 2.95.